The predicted molar refractivity (Wildman–Crippen MR) is 74.8 cm³/mol. The molecule has 1 amide bonds. The van der Waals surface area contributed by atoms with E-state index in [0.717, 1.165) is 11.3 Å². The predicted octanol–water partition coefficient (Wildman–Crippen LogP) is 2.69. The van der Waals surface area contributed by atoms with Crippen molar-refractivity contribution in [1.82, 2.24) is 15.1 Å². The minimum absolute atomic E-state index is 0.0846. The van der Waals surface area contributed by atoms with Crippen LogP contribution in [0.15, 0.2) is 30.5 Å². The van der Waals surface area contributed by atoms with Gasteiger partial charge in [-0.3, -0.25) is 9.48 Å². The standard InChI is InChI=1S/C14H15ClFN3O/c1-10-13(15)9-19(18-10)7-6-14(20)17-8-11-2-4-12(16)5-3-11/h2-5,9H,6-8H2,1H3,(H,17,20). The molecular formula is C14H15ClFN3O. The number of hydrogen-bond donors (Lipinski definition) is 1. The monoisotopic (exact) mass is 295 g/mol. The number of hydrogen-bond acceptors (Lipinski definition) is 2. The Morgan fingerprint density at radius 1 is 1.40 bits per heavy atom. The molecule has 0 aliphatic heterocycles. The molecule has 0 radical (unpaired) electrons. The molecule has 20 heavy (non-hydrogen) atoms. The van der Waals surface area contributed by atoms with Gasteiger partial charge in [0.2, 0.25) is 5.91 Å². The van der Waals surface area contributed by atoms with E-state index in [1.54, 1.807) is 23.0 Å². The molecular weight excluding hydrogens is 281 g/mol. The second kappa shape index (κ2) is 6.52. The van der Waals surface area contributed by atoms with Crippen LogP contribution in [0, 0.1) is 12.7 Å². The fraction of sp³-hybridized carbons (Fsp3) is 0.286. The van der Waals surface area contributed by atoms with Crippen LogP contribution in [0.5, 0.6) is 0 Å². The van der Waals surface area contributed by atoms with Gasteiger partial charge in [0.15, 0.2) is 0 Å². The second-order valence-electron chi connectivity index (χ2n) is 4.48. The lowest BCUT2D eigenvalue weighted by molar-refractivity contribution is -0.121. The molecule has 4 nitrogen and oxygen atoms in total. The first-order valence-corrected chi connectivity index (χ1v) is 6.63. The highest BCUT2D eigenvalue weighted by molar-refractivity contribution is 6.31. The number of halogens is 2. The van der Waals surface area contributed by atoms with E-state index in [0.29, 0.717) is 24.5 Å². The van der Waals surface area contributed by atoms with Crippen LogP contribution in [-0.4, -0.2) is 15.7 Å². The van der Waals surface area contributed by atoms with Gasteiger partial charge >= 0.3 is 0 Å². The van der Waals surface area contributed by atoms with Gasteiger partial charge in [0.1, 0.15) is 5.82 Å². The number of rotatable bonds is 5. The zero-order chi connectivity index (χ0) is 14.5. The topological polar surface area (TPSA) is 46.9 Å². The molecule has 2 aromatic rings. The molecule has 0 bridgehead atoms. The van der Waals surface area contributed by atoms with Crippen LogP contribution in [-0.2, 0) is 17.9 Å². The minimum Gasteiger partial charge on any atom is -0.352 e. The number of nitrogens with zero attached hydrogens (tertiary/aromatic N) is 2. The van der Waals surface area contributed by atoms with E-state index in [2.05, 4.69) is 10.4 Å². The van der Waals surface area contributed by atoms with E-state index >= 15 is 0 Å². The van der Waals surface area contributed by atoms with Crippen LogP contribution in [0.1, 0.15) is 17.7 Å². The molecule has 0 saturated carbocycles. The SMILES string of the molecule is Cc1nn(CCC(=O)NCc2ccc(F)cc2)cc1Cl. The van der Waals surface area contributed by atoms with Crippen LogP contribution in [0.25, 0.3) is 0 Å². The van der Waals surface area contributed by atoms with Crippen molar-refractivity contribution in [3.05, 3.63) is 52.6 Å². The number of aryl methyl sites for hydroxylation is 2. The Kier molecular flexibility index (Phi) is 4.74. The summed E-state index contributed by atoms with van der Waals surface area (Å²) < 4.78 is 14.4. The largest absolute Gasteiger partial charge is 0.352 e. The van der Waals surface area contributed by atoms with E-state index in [1.807, 2.05) is 6.92 Å². The number of carbonyl (C=O) groups excluding carboxylic acids is 1. The number of carbonyl (C=O) groups is 1. The van der Waals surface area contributed by atoms with Crippen LogP contribution in [0.4, 0.5) is 4.39 Å². The summed E-state index contributed by atoms with van der Waals surface area (Å²) in [5.74, 6) is -0.371. The molecule has 1 aromatic heterocycles. The Hall–Kier alpha value is -1.88. The lowest BCUT2D eigenvalue weighted by atomic mass is 10.2. The number of aromatic nitrogens is 2. The first-order valence-electron chi connectivity index (χ1n) is 6.25. The van der Waals surface area contributed by atoms with Crippen LogP contribution < -0.4 is 5.32 Å². The maximum atomic E-state index is 12.7. The zero-order valence-electron chi connectivity index (χ0n) is 11.1. The van der Waals surface area contributed by atoms with E-state index in [9.17, 15) is 9.18 Å². The highest BCUT2D eigenvalue weighted by atomic mass is 35.5. The minimum atomic E-state index is -0.286. The summed E-state index contributed by atoms with van der Waals surface area (Å²) in [7, 11) is 0. The summed E-state index contributed by atoms with van der Waals surface area (Å²) in [6.45, 7) is 2.67. The summed E-state index contributed by atoms with van der Waals surface area (Å²) in [5.41, 5.74) is 1.61. The highest BCUT2D eigenvalue weighted by Gasteiger charge is 2.05. The van der Waals surface area contributed by atoms with Crippen molar-refractivity contribution in [1.29, 1.82) is 0 Å². The molecule has 0 unspecified atom stereocenters. The summed E-state index contributed by atoms with van der Waals surface area (Å²) in [6, 6.07) is 6.03. The third kappa shape index (κ3) is 4.06. The van der Waals surface area contributed by atoms with Crippen molar-refractivity contribution in [2.45, 2.75) is 26.4 Å². The molecule has 6 heteroatoms. The molecule has 1 N–H and O–H groups in total. The first kappa shape index (κ1) is 14.5. The van der Waals surface area contributed by atoms with Crippen molar-refractivity contribution in [3.63, 3.8) is 0 Å². The van der Waals surface area contributed by atoms with Gasteiger partial charge in [-0.05, 0) is 24.6 Å². The average Bonchev–Trinajstić information content (AvgIpc) is 2.75. The van der Waals surface area contributed by atoms with Gasteiger partial charge in [0.25, 0.3) is 0 Å². The average molecular weight is 296 g/mol. The van der Waals surface area contributed by atoms with Gasteiger partial charge in [-0.25, -0.2) is 4.39 Å². The molecule has 2 rings (SSSR count). The van der Waals surface area contributed by atoms with Crippen molar-refractivity contribution in [2.24, 2.45) is 0 Å². The first-order chi connectivity index (χ1) is 9.54. The number of amides is 1. The summed E-state index contributed by atoms with van der Waals surface area (Å²) >= 11 is 5.88. The molecule has 0 fully saturated rings. The quantitative estimate of drug-likeness (QED) is 0.922. The third-order valence-electron chi connectivity index (χ3n) is 2.86. The van der Waals surface area contributed by atoms with E-state index in [1.165, 1.54) is 12.1 Å². The lowest BCUT2D eigenvalue weighted by Gasteiger charge is -2.05. The summed E-state index contributed by atoms with van der Waals surface area (Å²) in [5, 5.41) is 7.54. The Morgan fingerprint density at radius 3 is 2.70 bits per heavy atom. The highest BCUT2D eigenvalue weighted by Crippen LogP contribution is 2.12. The summed E-state index contributed by atoms with van der Waals surface area (Å²) in [4.78, 5) is 11.7. The van der Waals surface area contributed by atoms with Crippen molar-refractivity contribution in [3.8, 4) is 0 Å². The fourth-order valence-corrected chi connectivity index (χ4v) is 1.87. The van der Waals surface area contributed by atoms with Crippen LogP contribution in [0.3, 0.4) is 0 Å². The van der Waals surface area contributed by atoms with Crippen LogP contribution >= 0.6 is 11.6 Å². The molecule has 0 saturated heterocycles. The van der Waals surface area contributed by atoms with Gasteiger partial charge in [-0.15, -0.1) is 0 Å². The van der Waals surface area contributed by atoms with Gasteiger partial charge in [-0.2, -0.15) is 5.10 Å². The molecule has 0 aliphatic rings. The van der Waals surface area contributed by atoms with Crippen molar-refractivity contribution < 1.29 is 9.18 Å². The number of benzene rings is 1. The Bertz CT molecular complexity index is 575. The molecule has 0 atom stereocenters. The normalized spacial score (nSPS) is 10.6. The van der Waals surface area contributed by atoms with Gasteiger partial charge in [-0.1, -0.05) is 23.7 Å². The number of nitrogens with one attached hydrogen (secondary N) is 1. The second-order valence-corrected chi connectivity index (χ2v) is 4.89. The van der Waals surface area contributed by atoms with E-state index < -0.39 is 0 Å². The maximum Gasteiger partial charge on any atom is 0.222 e. The Labute approximate surface area is 121 Å². The molecule has 0 aliphatic carbocycles. The molecule has 1 aromatic carbocycles. The van der Waals surface area contributed by atoms with Gasteiger partial charge < -0.3 is 5.32 Å². The van der Waals surface area contributed by atoms with Crippen molar-refractivity contribution >= 4 is 17.5 Å². The molecule has 1 heterocycles. The fourth-order valence-electron chi connectivity index (χ4n) is 1.72. The van der Waals surface area contributed by atoms with Gasteiger partial charge in [0.05, 0.1) is 10.7 Å². The molecule has 106 valence electrons. The van der Waals surface area contributed by atoms with Crippen molar-refractivity contribution in [2.75, 3.05) is 0 Å². The smallest absolute Gasteiger partial charge is 0.222 e. The summed E-state index contributed by atoms with van der Waals surface area (Å²) in [6.07, 6.45) is 2.02. The Balaban J connectivity index is 1.76. The Morgan fingerprint density at radius 2 is 2.10 bits per heavy atom. The van der Waals surface area contributed by atoms with Crippen LogP contribution in [0.2, 0.25) is 5.02 Å². The third-order valence-corrected chi connectivity index (χ3v) is 3.23. The lowest BCUT2D eigenvalue weighted by Crippen LogP contribution is -2.24. The van der Waals surface area contributed by atoms with E-state index in [4.69, 9.17) is 11.6 Å². The van der Waals surface area contributed by atoms with E-state index in [-0.39, 0.29) is 11.7 Å². The maximum absolute atomic E-state index is 12.7. The van der Waals surface area contributed by atoms with Gasteiger partial charge in [0, 0.05) is 25.7 Å². The molecule has 0 spiro atoms. The zero-order valence-corrected chi connectivity index (χ0v) is 11.8.